The van der Waals surface area contributed by atoms with Crippen molar-refractivity contribution in [2.45, 2.75) is 37.6 Å². The van der Waals surface area contributed by atoms with Crippen molar-refractivity contribution in [3.63, 3.8) is 0 Å². The summed E-state index contributed by atoms with van der Waals surface area (Å²) in [6.07, 6.45) is 5.85. The van der Waals surface area contributed by atoms with Crippen LogP contribution in [0, 0.1) is 17.1 Å². The number of benzene rings is 1. The second kappa shape index (κ2) is 7.79. The molecule has 2 aromatic rings. The van der Waals surface area contributed by atoms with Crippen LogP contribution in [-0.2, 0) is 5.54 Å². The standard InChI is InChI=1S/C18H17BrFN5O/c19-12-4-5-14(13(20)10-12)23-17(26)25-18(7-2-1-3-8-18)15-6-9-22-16(11-21)24-15/h4-6,9-10H,1-3,7-8H2,(H2,23,25,26). The van der Waals surface area contributed by atoms with Gasteiger partial charge in [-0.25, -0.2) is 19.2 Å². The lowest BCUT2D eigenvalue weighted by molar-refractivity contribution is 0.209. The Labute approximate surface area is 159 Å². The number of rotatable bonds is 3. The maximum absolute atomic E-state index is 14.0. The van der Waals surface area contributed by atoms with Gasteiger partial charge in [0.1, 0.15) is 11.9 Å². The van der Waals surface area contributed by atoms with Crippen molar-refractivity contribution < 1.29 is 9.18 Å². The van der Waals surface area contributed by atoms with Gasteiger partial charge in [-0.2, -0.15) is 5.26 Å². The Morgan fingerprint density at radius 3 is 2.73 bits per heavy atom. The van der Waals surface area contributed by atoms with Crippen molar-refractivity contribution in [3.8, 4) is 6.07 Å². The highest BCUT2D eigenvalue weighted by molar-refractivity contribution is 9.10. The van der Waals surface area contributed by atoms with E-state index >= 15 is 0 Å². The minimum atomic E-state index is -0.692. The lowest BCUT2D eigenvalue weighted by atomic mass is 9.79. The molecule has 3 rings (SSSR count). The average molecular weight is 418 g/mol. The molecule has 0 aliphatic heterocycles. The van der Waals surface area contributed by atoms with Gasteiger partial charge in [-0.15, -0.1) is 0 Å². The van der Waals surface area contributed by atoms with E-state index in [0.29, 0.717) is 23.0 Å². The molecule has 134 valence electrons. The summed E-state index contributed by atoms with van der Waals surface area (Å²) in [6.45, 7) is 0. The third-order valence-electron chi connectivity index (χ3n) is 4.49. The van der Waals surface area contributed by atoms with Gasteiger partial charge in [0, 0.05) is 10.7 Å². The monoisotopic (exact) mass is 417 g/mol. The van der Waals surface area contributed by atoms with Crippen molar-refractivity contribution in [3.05, 3.63) is 52.3 Å². The number of aromatic nitrogens is 2. The Hall–Kier alpha value is -2.53. The molecular formula is C18H17BrFN5O. The molecule has 8 heteroatoms. The lowest BCUT2D eigenvalue weighted by Gasteiger charge is -2.37. The van der Waals surface area contributed by atoms with Crippen LogP contribution in [-0.4, -0.2) is 16.0 Å². The van der Waals surface area contributed by atoms with E-state index < -0.39 is 17.4 Å². The molecule has 1 aliphatic rings. The van der Waals surface area contributed by atoms with Gasteiger partial charge >= 0.3 is 6.03 Å². The Balaban J connectivity index is 1.84. The molecule has 6 nitrogen and oxygen atoms in total. The smallest absolute Gasteiger partial charge is 0.320 e. The summed E-state index contributed by atoms with van der Waals surface area (Å²) >= 11 is 3.19. The lowest BCUT2D eigenvalue weighted by Crippen LogP contribution is -2.49. The maximum atomic E-state index is 14.0. The minimum Gasteiger partial charge on any atom is -0.327 e. The molecule has 0 radical (unpaired) electrons. The van der Waals surface area contributed by atoms with Gasteiger partial charge in [0.15, 0.2) is 0 Å². The quantitative estimate of drug-likeness (QED) is 0.781. The second-order valence-electron chi connectivity index (χ2n) is 6.22. The summed E-state index contributed by atoms with van der Waals surface area (Å²) in [4.78, 5) is 20.7. The van der Waals surface area contributed by atoms with E-state index in [1.165, 1.54) is 18.3 Å². The zero-order chi connectivity index (χ0) is 18.6. The van der Waals surface area contributed by atoms with Crippen molar-refractivity contribution in [2.24, 2.45) is 0 Å². The highest BCUT2D eigenvalue weighted by atomic mass is 79.9. The number of carbonyl (C=O) groups excluding carboxylic acids is 1. The van der Waals surface area contributed by atoms with Gasteiger partial charge in [0.2, 0.25) is 5.82 Å². The van der Waals surface area contributed by atoms with E-state index in [0.717, 1.165) is 19.3 Å². The third kappa shape index (κ3) is 3.99. The summed E-state index contributed by atoms with van der Waals surface area (Å²) in [6, 6.07) is 7.56. The number of amides is 2. The summed E-state index contributed by atoms with van der Waals surface area (Å²) in [5.74, 6) is -0.463. The van der Waals surface area contributed by atoms with E-state index in [2.05, 4.69) is 36.5 Å². The van der Waals surface area contributed by atoms with Crippen molar-refractivity contribution >= 4 is 27.6 Å². The summed E-state index contributed by atoms with van der Waals surface area (Å²) < 4.78 is 14.6. The van der Waals surface area contributed by atoms with Crippen LogP contribution in [0.25, 0.3) is 0 Å². The molecule has 26 heavy (non-hydrogen) atoms. The van der Waals surface area contributed by atoms with Crippen LogP contribution in [0.2, 0.25) is 0 Å². The average Bonchev–Trinajstić information content (AvgIpc) is 2.65. The Bertz CT molecular complexity index is 861. The molecule has 1 aromatic heterocycles. The molecule has 0 bridgehead atoms. The zero-order valence-electron chi connectivity index (χ0n) is 13.9. The number of nitrogens with one attached hydrogen (secondary N) is 2. The van der Waals surface area contributed by atoms with Crippen LogP contribution in [0.1, 0.15) is 43.6 Å². The Morgan fingerprint density at radius 1 is 1.27 bits per heavy atom. The molecule has 0 spiro atoms. The van der Waals surface area contributed by atoms with Crippen molar-refractivity contribution in [2.75, 3.05) is 5.32 Å². The van der Waals surface area contributed by atoms with Crippen LogP contribution in [0.4, 0.5) is 14.9 Å². The number of halogens is 2. The normalized spacial score (nSPS) is 15.7. The molecule has 2 N–H and O–H groups in total. The predicted octanol–water partition coefficient (Wildman–Crippen LogP) is 4.23. The van der Waals surface area contributed by atoms with Gasteiger partial charge in [-0.3, -0.25) is 0 Å². The number of anilines is 1. The molecule has 1 fully saturated rings. The number of hydrogen-bond donors (Lipinski definition) is 2. The number of carbonyl (C=O) groups is 1. The van der Waals surface area contributed by atoms with Gasteiger partial charge in [0.25, 0.3) is 0 Å². The third-order valence-corrected chi connectivity index (χ3v) is 4.98. The van der Waals surface area contributed by atoms with E-state index in [1.54, 1.807) is 12.1 Å². The van der Waals surface area contributed by atoms with Gasteiger partial charge < -0.3 is 10.6 Å². The van der Waals surface area contributed by atoms with Crippen molar-refractivity contribution in [1.29, 1.82) is 5.26 Å². The molecule has 2 amide bonds. The minimum absolute atomic E-state index is 0.0635. The Morgan fingerprint density at radius 2 is 2.04 bits per heavy atom. The molecule has 1 heterocycles. The molecule has 1 aliphatic carbocycles. The predicted molar refractivity (Wildman–Crippen MR) is 97.8 cm³/mol. The first kappa shape index (κ1) is 18.3. The fraction of sp³-hybridized carbons (Fsp3) is 0.333. The highest BCUT2D eigenvalue weighted by Gasteiger charge is 2.37. The van der Waals surface area contributed by atoms with Crippen molar-refractivity contribution in [1.82, 2.24) is 15.3 Å². The summed E-state index contributed by atoms with van der Waals surface area (Å²) in [5.41, 5.74) is 0.00939. The Kier molecular flexibility index (Phi) is 5.47. The van der Waals surface area contributed by atoms with E-state index in [9.17, 15) is 9.18 Å². The number of nitrogens with zero attached hydrogens (tertiary/aromatic N) is 3. The number of hydrogen-bond acceptors (Lipinski definition) is 4. The van der Waals surface area contributed by atoms with Crippen LogP contribution in [0.15, 0.2) is 34.9 Å². The summed E-state index contributed by atoms with van der Waals surface area (Å²) in [5, 5.41) is 14.6. The molecule has 0 unspecified atom stereocenters. The second-order valence-corrected chi connectivity index (χ2v) is 7.14. The van der Waals surface area contributed by atoms with Gasteiger partial charge in [-0.05, 0) is 37.1 Å². The fourth-order valence-corrected chi connectivity index (χ4v) is 3.57. The maximum Gasteiger partial charge on any atom is 0.320 e. The molecule has 0 saturated heterocycles. The first-order valence-electron chi connectivity index (χ1n) is 8.30. The molecule has 0 atom stereocenters. The topological polar surface area (TPSA) is 90.7 Å². The number of nitriles is 1. The largest absolute Gasteiger partial charge is 0.327 e. The van der Waals surface area contributed by atoms with Gasteiger partial charge in [0.05, 0.1) is 16.9 Å². The van der Waals surface area contributed by atoms with Crippen LogP contribution < -0.4 is 10.6 Å². The van der Waals surface area contributed by atoms with E-state index in [1.807, 2.05) is 6.07 Å². The first-order chi connectivity index (χ1) is 12.5. The van der Waals surface area contributed by atoms with E-state index in [-0.39, 0.29) is 11.5 Å². The van der Waals surface area contributed by atoms with Crippen LogP contribution in [0.3, 0.4) is 0 Å². The highest BCUT2D eigenvalue weighted by Crippen LogP contribution is 2.36. The zero-order valence-corrected chi connectivity index (χ0v) is 15.5. The number of urea groups is 1. The molecular weight excluding hydrogens is 401 g/mol. The first-order valence-corrected chi connectivity index (χ1v) is 9.09. The summed E-state index contributed by atoms with van der Waals surface area (Å²) in [7, 11) is 0. The fourth-order valence-electron chi connectivity index (χ4n) is 3.24. The molecule has 1 saturated carbocycles. The van der Waals surface area contributed by atoms with Crippen LogP contribution in [0.5, 0.6) is 0 Å². The van der Waals surface area contributed by atoms with E-state index in [4.69, 9.17) is 5.26 Å². The van der Waals surface area contributed by atoms with Gasteiger partial charge in [-0.1, -0.05) is 35.2 Å². The molecule has 1 aromatic carbocycles. The SMILES string of the molecule is N#Cc1nccc(C2(NC(=O)Nc3ccc(Br)cc3F)CCCCC2)n1. The van der Waals surface area contributed by atoms with Crippen LogP contribution >= 0.6 is 15.9 Å².